The van der Waals surface area contributed by atoms with E-state index in [0.717, 1.165) is 44.3 Å². The van der Waals surface area contributed by atoms with Crippen LogP contribution in [0.2, 0.25) is 0 Å². The van der Waals surface area contributed by atoms with Crippen LogP contribution in [-0.2, 0) is 0 Å². The topological polar surface area (TPSA) is 23.0 Å². The molecule has 0 aliphatic rings. The lowest BCUT2D eigenvalue weighted by molar-refractivity contribution is 0.669. The minimum atomic E-state index is 0.897. The fraction of sp³-hybridized carbons (Fsp3) is 0. The van der Waals surface area contributed by atoms with Gasteiger partial charge in [0, 0.05) is 43.7 Å². The summed E-state index contributed by atoms with van der Waals surface area (Å²) in [5.41, 5.74) is 13.5. The molecule has 0 unspecified atom stereocenters. The van der Waals surface area contributed by atoms with Crippen molar-refractivity contribution < 1.29 is 4.42 Å². The quantitative estimate of drug-likeness (QED) is 0.186. The third-order valence-electron chi connectivity index (χ3n) is 10.5. The van der Waals surface area contributed by atoms with Gasteiger partial charge in [-0.2, -0.15) is 0 Å². The summed E-state index contributed by atoms with van der Waals surface area (Å²) in [6.07, 6.45) is 0. The molecule has 0 radical (unpaired) electrons. The molecule has 3 aromatic heterocycles. The molecular weight excluding hydrogens is 621 g/mol. The number of rotatable bonds is 4. The predicted octanol–water partition coefficient (Wildman–Crippen LogP) is 13.1. The zero-order chi connectivity index (χ0) is 33.5. The first kappa shape index (κ1) is 28.0. The van der Waals surface area contributed by atoms with Crippen molar-refractivity contribution in [2.75, 3.05) is 0 Å². The molecule has 0 N–H and O–H groups in total. The van der Waals surface area contributed by atoms with E-state index in [4.69, 9.17) is 4.42 Å². The fourth-order valence-corrected chi connectivity index (χ4v) is 8.23. The fourth-order valence-electron chi connectivity index (χ4n) is 8.23. The third-order valence-corrected chi connectivity index (χ3v) is 10.5. The maximum Gasteiger partial charge on any atom is 0.136 e. The predicted molar refractivity (Wildman–Crippen MR) is 213 cm³/mol. The van der Waals surface area contributed by atoms with Gasteiger partial charge in [-0.05, 0) is 89.0 Å². The van der Waals surface area contributed by atoms with Crippen molar-refractivity contribution in [3.8, 4) is 33.6 Å². The van der Waals surface area contributed by atoms with Gasteiger partial charge in [-0.3, -0.25) is 0 Å². The monoisotopic (exact) mass is 650 g/mol. The Morgan fingerprint density at radius 1 is 0.294 bits per heavy atom. The summed E-state index contributed by atoms with van der Waals surface area (Å²) >= 11 is 0. The van der Waals surface area contributed by atoms with E-state index < -0.39 is 0 Å². The Hall–Kier alpha value is -6.84. The SMILES string of the molecule is c1ccc(-c2cccc(-n3c4ccccc4c4cc5c6c7c(ccc6n(-c6ccccc6)c5cc43)oc3ccc(-c4ccccc4)cc37)c2)cc1. The Bertz CT molecular complexity index is 3110. The molecule has 3 heteroatoms. The summed E-state index contributed by atoms with van der Waals surface area (Å²) in [7, 11) is 0. The van der Waals surface area contributed by atoms with Gasteiger partial charge in [0.05, 0.1) is 22.1 Å². The Labute approximate surface area is 293 Å². The van der Waals surface area contributed by atoms with Gasteiger partial charge in [-0.1, -0.05) is 115 Å². The summed E-state index contributed by atoms with van der Waals surface area (Å²) in [4.78, 5) is 0. The van der Waals surface area contributed by atoms with Crippen molar-refractivity contribution in [2.45, 2.75) is 0 Å². The first-order chi connectivity index (χ1) is 25.3. The van der Waals surface area contributed by atoms with Crippen LogP contribution in [0.5, 0.6) is 0 Å². The Morgan fingerprint density at radius 2 is 0.902 bits per heavy atom. The van der Waals surface area contributed by atoms with E-state index >= 15 is 0 Å². The maximum atomic E-state index is 6.57. The van der Waals surface area contributed by atoms with E-state index in [0.29, 0.717) is 0 Å². The first-order valence-corrected chi connectivity index (χ1v) is 17.4. The zero-order valence-corrected chi connectivity index (χ0v) is 27.6. The lowest BCUT2D eigenvalue weighted by Crippen LogP contribution is -1.96. The lowest BCUT2D eigenvalue weighted by Gasteiger charge is -2.11. The van der Waals surface area contributed by atoms with E-state index in [2.05, 4.69) is 191 Å². The maximum absolute atomic E-state index is 6.57. The standard InChI is InChI=1S/C48H30N2O/c1-4-13-31(14-5-1)33-17-12-20-36(27-33)50-41-22-11-10-21-37(41)38-29-39-44(30-43(38)50)49(35-18-8-3-9-19-35)42-24-26-46-48(47(39)42)40-28-34(23-25-45(40)51-46)32-15-6-2-7-16-32/h1-30H. The summed E-state index contributed by atoms with van der Waals surface area (Å²) in [5.74, 6) is 0. The van der Waals surface area contributed by atoms with Gasteiger partial charge in [-0.15, -0.1) is 0 Å². The van der Waals surface area contributed by atoms with Gasteiger partial charge in [-0.25, -0.2) is 0 Å². The van der Waals surface area contributed by atoms with E-state index in [1.54, 1.807) is 0 Å². The molecule has 11 aromatic rings. The molecule has 8 aromatic carbocycles. The normalized spacial score (nSPS) is 11.9. The molecule has 0 aliphatic carbocycles. The summed E-state index contributed by atoms with van der Waals surface area (Å²) in [6.45, 7) is 0. The molecule has 3 heterocycles. The average Bonchev–Trinajstić information content (AvgIpc) is 3.85. The zero-order valence-electron chi connectivity index (χ0n) is 27.6. The molecule has 0 amide bonds. The van der Waals surface area contributed by atoms with Crippen molar-refractivity contribution in [3.05, 3.63) is 182 Å². The highest BCUT2D eigenvalue weighted by Crippen LogP contribution is 2.45. The van der Waals surface area contributed by atoms with Gasteiger partial charge in [0.25, 0.3) is 0 Å². The van der Waals surface area contributed by atoms with Crippen LogP contribution in [0.3, 0.4) is 0 Å². The van der Waals surface area contributed by atoms with Crippen LogP contribution in [-0.4, -0.2) is 9.13 Å². The van der Waals surface area contributed by atoms with Gasteiger partial charge in [0.15, 0.2) is 0 Å². The Morgan fingerprint density at radius 3 is 1.69 bits per heavy atom. The van der Waals surface area contributed by atoms with Gasteiger partial charge < -0.3 is 13.6 Å². The number of aromatic nitrogens is 2. The Kier molecular flexibility index (Phi) is 5.96. The number of furan rings is 1. The van der Waals surface area contributed by atoms with E-state index in [9.17, 15) is 0 Å². The molecule has 11 rings (SSSR count). The minimum absolute atomic E-state index is 0.897. The average molecular weight is 651 g/mol. The molecule has 0 aliphatic heterocycles. The number of nitrogens with zero attached hydrogens (tertiary/aromatic N) is 2. The number of para-hydroxylation sites is 2. The molecule has 0 atom stereocenters. The lowest BCUT2D eigenvalue weighted by atomic mass is 10.0. The molecule has 0 saturated heterocycles. The van der Waals surface area contributed by atoms with Crippen LogP contribution < -0.4 is 0 Å². The van der Waals surface area contributed by atoms with Gasteiger partial charge in [0.1, 0.15) is 11.2 Å². The smallest absolute Gasteiger partial charge is 0.136 e. The van der Waals surface area contributed by atoms with Crippen molar-refractivity contribution >= 4 is 65.6 Å². The van der Waals surface area contributed by atoms with Crippen molar-refractivity contribution in [2.24, 2.45) is 0 Å². The molecule has 0 fully saturated rings. The molecule has 3 nitrogen and oxygen atoms in total. The molecule has 0 saturated carbocycles. The highest BCUT2D eigenvalue weighted by molar-refractivity contribution is 6.29. The van der Waals surface area contributed by atoms with Crippen molar-refractivity contribution in [1.82, 2.24) is 9.13 Å². The first-order valence-electron chi connectivity index (χ1n) is 17.4. The van der Waals surface area contributed by atoms with Crippen LogP contribution >= 0.6 is 0 Å². The van der Waals surface area contributed by atoms with E-state index in [1.807, 2.05) is 0 Å². The number of hydrogen-bond donors (Lipinski definition) is 0. The largest absolute Gasteiger partial charge is 0.456 e. The second kappa shape index (κ2) is 10.8. The molecule has 0 bridgehead atoms. The molecule has 238 valence electrons. The van der Waals surface area contributed by atoms with Gasteiger partial charge >= 0.3 is 0 Å². The Balaban J connectivity index is 1.28. The van der Waals surface area contributed by atoms with Crippen LogP contribution in [0, 0.1) is 0 Å². The minimum Gasteiger partial charge on any atom is -0.456 e. The van der Waals surface area contributed by atoms with E-state index in [1.165, 1.54) is 54.8 Å². The van der Waals surface area contributed by atoms with Crippen LogP contribution in [0.4, 0.5) is 0 Å². The van der Waals surface area contributed by atoms with E-state index in [-0.39, 0.29) is 0 Å². The number of hydrogen-bond acceptors (Lipinski definition) is 1. The highest BCUT2D eigenvalue weighted by Gasteiger charge is 2.22. The summed E-state index contributed by atoms with van der Waals surface area (Å²) in [6, 6.07) is 65.4. The van der Waals surface area contributed by atoms with Crippen molar-refractivity contribution in [3.63, 3.8) is 0 Å². The van der Waals surface area contributed by atoms with Gasteiger partial charge in [0.2, 0.25) is 0 Å². The van der Waals surface area contributed by atoms with Crippen LogP contribution in [0.25, 0.3) is 99.2 Å². The third kappa shape index (κ3) is 4.19. The van der Waals surface area contributed by atoms with Crippen molar-refractivity contribution in [1.29, 1.82) is 0 Å². The molecule has 51 heavy (non-hydrogen) atoms. The summed E-state index contributed by atoms with van der Waals surface area (Å²) in [5, 5.41) is 7.16. The second-order valence-electron chi connectivity index (χ2n) is 13.3. The molecule has 0 spiro atoms. The molecular formula is C48H30N2O. The summed E-state index contributed by atoms with van der Waals surface area (Å²) < 4.78 is 11.4. The second-order valence-corrected chi connectivity index (χ2v) is 13.3. The highest BCUT2D eigenvalue weighted by atomic mass is 16.3. The number of benzene rings is 8. The van der Waals surface area contributed by atoms with Crippen LogP contribution in [0.1, 0.15) is 0 Å². The number of fused-ring (bicyclic) bond motifs is 10. The van der Waals surface area contributed by atoms with Crippen LogP contribution in [0.15, 0.2) is 186 Å².